The van der Waals surface area contributed by atoms with Gasteiger partial charge in [0.25, 0.3) is 0 Å². The van der Waals surface area contributed by atoms with Crippen molar-refractivity contribution in [1.29, 1.82) is 0 Å². The summed E-state index contributed by atoms with van der Waals surface area (Å²) >= 11 is 0. The molecule has 0 radical (unpaired) electrons. The minimum absolute atomic E-state index is 0.126. The molecule has 0 aliphatic heterocycles. The minimum atomic E-state index is -0.268. The molecule has 2 rings (SSSR count). The van der Waals surface area contributed by atoms with Crippen molar-refractivity contribution in [3.05, 3.63) is 71.6 Å². The fraction of sp³-hybridized carbons (Fsp3) is 0.158. The van der Waals surface area contributed by atoms with Gasteiger partial charge < -0.3 is 10.6 Å². The Labute approximate surface area is 140 Å². The molecular weight excluding hydrogens is 307 g/mol. The maximum Gasteiger partial charge on any atom is 0.244 e. The number of carbonyl (C=O) groups excluding carboxylic acids is 2. The molecule has 5 heteroatoms. The summed E-state index contributed by atoms with van der Waals surface area (Å²) in [6, 6.07) is 13.4. The lowest BCUT2D eigenvalue weighted by atomic mass is 10.1. The van der Waals surface area contributed by atoms with Crippen LogP contribution in [0.1, 0.15) is 18.1 Å². The van der Waals surface area contributed by atoms with Crippen LogP contribution < -0.4 is 10.6 Å². The SMILES string of the molecule is CC(=O)Nc1ccc(/C=C/C(=O)NCCc2ccc(F)cc2)cc1. The third kappa shape index (κ3) is 6.04. The van der Waals surface area contributed by atoms with E-state index < -0.39 is 0 Å². The summed E-state index contributed by atoms with van der Waals surface area (Å²) in [7, 11) is 0. The molecule has 0 aliphatic carbocycles. The Hall–Kier alpha value is -2.95. The first kappa shape index (κ1) is 17.4. The van der Waals surface area contributed by atoms with Crippen molar-refractivity contribution in [1.82, 2.24) is 5.32 Å². The Balaban J connectivity index is 1.77. The van der Waals surface area contributed by atoms with E-state index in [1.807, 2.05) is 12.1 Å². The molecule has 2 aromatic carbocycles. The van der Waals surface area contributed by atoms with Crippen molar-refractivity contribution >= 4 is 23.6 Å². The summed E-state index contributed by atoms with van der Waals surface area (Å²) in [5.41, 5.74) is 2.54. The second-order valence-corrected chi connectivity index (χ2v) is 5.30. The maximum atomic E-state index is 12.8. The lowest BCUT2D eigenvalue weighted by Crippen LogP contribution is -2.23. The molecule has 2 aromatic rings. The monoisotopic (exact) mass is 326 g/mol. The van der Waals surface area contributed by atoms with E-state index >= 15 is 0 Å². The maximum absolute atomic E-state index is 12.8. The number of hydrogen-bond acceptors (Lipinski definition) is 2. The second-order valence-electron chi connectivity index (χ2n) is 5.30. The van der Waals surface area contributed by atoms with Crippen molar-refractivity contribution in [2.45, 2.75) is 13.3 Å². The summed E-state index contributed by atoms with van der Waals surface area (Å²) < 4.78 is 12.8. The van der Waals surface area contributed by atoms with Crippen molar-refractivity contribution in [3.63, 3.8) is 0 Å². The molecule has 124 valence electrons. The van der Waals surface area contributed by atoms with Crippen molar-refractivity contribution in [2.24, 2.45) is 0 Å². The van der Waals surface area contributed by atoms with Crippen LogP contribution in [0.2, 0.25) is 0 Å². The lowest BCUT2D eigenvalue weighted by molar-refractivity contribution is -0.116. The van der Waals surface area contributed by atoms with Crippen LogP contribution in [0, 0.1) is 5.82 Å². The Kier molecular flexibility index (Phi) is 6.25. The standard InChI is InChI=1S/C19H19FN2O2/c1-14(23)22-18-9-4-15(5-10-18)6-11-19(24)21-13-12-16-2-7-17(20)8-3-16/h2-11H,12-13H2,1H3,(H,21,24)(H,22,23)/b11-6+. The first-order chi connectivity index (χ1) is 11.5. The van der Waals surface area contributed by atoms with E-state index in [1.165, 1.54) is 25.1 Å². The number of anilines is 1. The topological polar surface area (TPSA) is 58.2 Å². The molecular formula is C19H19FN2O2. The third-order valence-corrected chi connectivity index (χ3v) is 3.28. The van der Waals surface area contributed by atoms with Gasteiger partial charge >= 0.3 is 0 Å². The number of nitrogens with one attached hydrogen (secondary N) is 2. The highest BCUT2D eigenvalue weighted by atomic mass is 19.1. The number of hydrogen-bond donors (Lipinski definition) is 2. The molecule has 0 heterocycles. The zero-order valence-corrected chi connectivity index (χ0v) is 13.4. The highest BCUT2D eigenvalue weighted by molar-refractivity contribution is 5.92. The van der Waals surface area contributed by atoms with Gasteiger partial charge in [-0.25, -0.2) is 4.39 Å². The molecule has 0 aromatic heterocycles. The Morgan fingerprint density at radius 2 is 1.71 bits per heavy atom. The predicted molar refractivity (Wildman–Crippen MR) is 92.9 cm³/mol. The van der Waals surface area contributed by atoms with Crippen LogP contribution in [-0.4, -0.2) is 18.4 Å². The van der Waals surface area contributed by atoms with E-state index in [1.54, 1.807) is 30.3 Å². The van der Waals surface area contributed by atoms with E-state index in [9.17, 15) is 14.0 Å². The van der Waals surface area contributed by atoms with E-state index in [0.717, 1.165) is 11.1 Å². The molecule has 2 amide bonds. The number of halogens is 1. The van der Waals surface area contributed by atoms with Crippen LogP contribution in [0.5, 0.6) is 0 Å². The minimum Gasteiger partial charge on any atom is -0.352 e. The molecule has 0 aliphatic rings. The van der Waals surface area contributed by atoms with Gasteiger partial charge in [0.15, 0.2) is 0 Å². The molecule has 2 N–H and O–H groups in total. The summed E-state index contributed by atoms with van der Waals surface area (Å²) in [4.78, 5) is 22.7. The number of benzene rings is 2. The van der Waals surface area contributed by atoms with E-state index in [4.69, 9.17) is 0 Å². The van der Waals surface area contributed by atoms with Gasteiger partial charge in [0.1, 0.15) is 5.82 Å². The Bertz CT molecular complexity index is 722. The average Bonchev–Trinajstić information content (AvgIpc) is 2.55. The van der Waals surface area contributed by atoms with Crippen LogP contribution in [0.25, 0.3) is 6.08 Å². The van der Waals surface area contributed by atoms with Crippen molar-refractivity contribution < 1.29 is 14.0 Å². The van der Waals surface area contributed by atoms with E-state index in [2.05, 4.69) is 10.6 Å². The summed E-state index contributed by atoms with van der Waals surface area (Å²) in [6.07, 6.45) is 3.80. The van der Waals surface area contributed by atoms with Gasteiger partial charge in [-0.15, -0.1) is 0 Å². The van der Waals surface area contributed by atoms with Crippen LogP contribution in [-0.2, 0) is 16.0 Å². The van der Waals surface area contributed by atoms with Gasteiger partial charge in [0.2, 0.25) is 11.8 Å². The molecule has 0 unspecified atom stereocenters. The third-order valence-electron chi connectivity index (χ3n) is 3.28. The zero-order chi connectivity index (χ0) is 17.4. The molecule has 0 fully saturated rings. The Morgan fingerprint density at radius 3 is 2.33 bits per heavy atom. The van der Waals surface area contributed by atoms with Crippen molar-refractivity contribution in [3.8, 4) is 0 Å². The van der Waals surface area contributed by atoms with Crippen LogP contribution >= 0.6 is 0 Å². The van der Waals surface area contributed by atoms with Gasteiger partial charge in [0, 0.05) is 25.2 Å². The summed E-state index contributed by atoms with van der Waals surface area (Å²) in [5, 5.41) is 5.46. The molecule has 4 nitrogen and oxygen atoms in total. The Morgan fingerprint density at radius 1 is 1.04 bits per heavy atom. The van der Waals surface area contributed by atoms with E-state index in [0.29, 0.717) is 18.7 Å². The molecule has 0 saturated carbocycles. The number of rotatable bonds is 6. The zero-order valence-electron chi connectivity index (χ0n) is 13.4. The molecule has 0 spiro atoms. The fourth-order valence-electron chi connectivity index (χ4n) is 2.09. The smallest absolute Gasteiger partial charge is 0.244 e. The summed E-state index contributed by atoms with van der Waals surface area (Å²) in [5.74, 6) is -0.586. The summed E-state index contributed by atoms with van der Waals surface area (Å²) in [6.45, 7) is 1.93. The van der Waals surface area contributed by atoms with Gasteiger partial charge in [-0.2, -0.15) is 0 Å². The largest absolute Gasteiger partial charge is 0.352 e. The highest BCUT2D eigenvalue weighted by Gasteiger charge is 1.98. The normalized spacial score (nSPS) is 10.6. The molecule has 0 saturated heterocycles. The lowest BCUT2D eigenvalue weighted by Gasteiger charge is -2.03. The van der Waals surface area contributed by atoms with Gasteiger partial charge in [-0.1, -0.05) is 24.3 Å². The molecule has 0 atom stereocenters. The van der Waals surface area contributed by atoms with Crippen molar-refractivity contribution in [2.75, 3.05) is 11.9 Å². The quantitative estimate of drug-likeness (QED) is 0.801. The molecule has 24 heavy (non-hydrogen) atoms. The van der Waals surface area contributed by atoms with Crippen LogP contribution in [0.15, 0.2) is 54.6 Å². The van der Waals surface area contributed by atoms with Gasteiger partial charge in [-0.05, 0) is 47.9 Å². The first-order valence-corrected chi connectivity index (χ1v) is 7.61. The highest BCUT2D eigenvalue weighted by Crippen LogP contribution is 2.10. The van der Waals surface area contributed by atoms with Crippen LogP contribution in [0.3, 0.4) is 0 Å². The number of amides is 2. The van der Waals surface area contributed by atoms with E-state index in [-0.39, 0.29) is 17.6 Å². The second kappa shape index (κ2) is 8.62. The predicted octanol–water partition coefficient (Wildman–Crippen LogP) is 3.16. The fourth-order valence-corrected chi connectivity index (χ4v) is 2.09. The van der Waals surface area contributed by atoms with Gasteiger partial charge in [0.05, 0.1) is 0 Å². The average molecular weight is 326 g/mol. The molecule has 0 bridgehead atoms. The van der Waals surface area contributed by atoms with Crippen LogP contribution in [0.4, 0.5) is 10.1 Å². The van der Waals surface area contributed by atoms with Gasteiger partial charge in [-0.3, -0.25) is 9.59 Å². The number of carbonyl (C=O) groups is 2. The first-order valence-electron chi connectivity index (χ1n) is 7.61.